The van der Waals surface area contributed by atoms with E-state index in [0.29, 0.717) is 44.8 Å². The fourth-order valence-corrected chi connectivity index (χ4v) is 3.02. The number of benzene rings is 1. The van der Waals surface area contributed by atoms with Gasteiger partial charge in [0, 0.05) is 18.8 Å². The molecule has 3 rings (SSSR count). The molecule has 0 atom stereocenters. The Hall–Kier alpha value is -1.92. The first kappa shape index (κ1) is 15.0. The molecule has 0 unspecified atom stereocenters. The minimum Gasteiger partial charge on any atom is -0.481 e. The van der Waals surface area contributed by atoms with Gasteiger partial charge in [0.25, 0.3) is 5.91 Å². The van der Waals surface area contributed by atoms with Crippen LogP contribution in [0.4, 0.5) is 0 Å². The van der Waals surface area contributed by atoms with Crippen molar-refractivity contribution in [3.05, 3.63) is 34.9 Å². The summed E-state index contributed by atoms with van der Waals surface area (Å²) in [5, 5.41) is 12.1. The van der Waals surface area contributed by atoms with E-state index in [1.54, 1.807) is 6.07 Å². The zero-order valence-corrected chi connectivity index (χ0v) is 12.3. The number of rotatable bonds is 4. The van der Waals surface area contributed by atoms with Crippen LogP contribution in [-0.4, -0.2) is 35.7 Å². The van der Waals surface area contributed by atoms with Crippen LogP contribution in [0.1, 0.15) is 40.7 Å². The first-order valence-corrected chi connectivity index (χ1v) is 7.40. The molecule has 0 bridgehead atoms. The monoisotopic (exact) mass is 305 g/mol. The molecule has 2 N–H and O–H groups in total. The van der Waals surface area contributed by atoms with E-state index in [9.17, 15) is 9.59 Å². The number of ether oxygens (including phenoxy) is 2. The Balaban J connectivity index is 1.77. The van der Waals surface area contributed by atoms with E-state index in [2.05, 4.69) is 5.32 Å². The van der Waals surface area contributed by atoms with Gasteiger partial charge in [-0.15, -0.1) is 0 Å². The highest BCUT2D eigenvalue weighted by atomic mass is 16.5. The van der Waals surface area contributed by atoms with Crippen LogP contribution < -0.4 is 5.32 Å². The summed E-state index contributed by atoms with van der Waals surface area (Å²) in [6, 6.07) is 5.48. The van der Waals surface area contributed by atoms with E-state index < -0.39 is 11.5 Å². The lowest BCUT2D eigenvalue weighted by molar-refractivity contribution is -0.139. The molecule has 1 aromatic carbocycles. The SMILES string of the molecule is O=C(O)CC1(NC(=O)c2ccc3c(c2)COC3)CCOCC1. The number of fused-ring (bicyclic) bond motifs is 1. The van der Waals surface area contributed by atoms with Gasteiger partial charge in [-0.2, -0.15) is 0 Å². The zero-order valence-electron chi connectivity index (χ0n) is 12.3. The summed E-state index contributed by atoms with van der Waals surface area (Å²) in [7, 11) is 0. The van der Waals surface area contributed by atoms with Crippen molar-refractivity contribution in [3.63, 3.8) is 0 Å². The average Bonchev–Trinajstić information content (AvgIpc) is 2.94. The van der Waals surface area contributed by atoms with Crippen molar-refractivity contribution in [1.29, 1.82) is 0 Å². The molecular weight excluding hydrogens is 286 g/mol. The molecule has 2 aliphatic heterocycles. The van der Waals surface area contributed by atoms with E-state index in [0.717, 1.165) is 11.1 Å². The molecule has 0 radical (unpaired) electrons. The molecule has 1 amide bonds. The molecule has 1 saturated heterocycles. The van der Waals surface area contributed by atoms with Gasteiger partial charge in [-0.05, 0) is 36.1 Å². The summed E-state index contributed by atoms with van der Waals surface area (Å²) in [5.41, 5.74) is 1.94. The second kappa shape index (κ2) is 6.06. The maximum Gasteiger partial charge on any atom is 0.305 e. The van der Waals surface area contributed by atoms with E-state index in [-0.39, 0.29) is 12.3 Å². The van der Waals surface area contributed by atoms with Crippen LogP contribution in [0.25, 0.3) is 0 Å². The van der Waals surface area contributed by atoms with Crippen molar-refractivity contribution in [1.82, 2.24) is 5.32 Å². The van der Waals surface area contributed by atoms with Crippen molar-refractivity contribution >= 4 is 11.9 Å². The predicted molar refractivity (Wildman–Crippen MR) is 77.4 cm³/mol. The van der Waals surface area contributed by atoms with Crippen LogP contribution in [0.15, 0.2) is 18.2 Å². The van der Waals surface area contributed by atoms with Crippen LogP contribution in [0.2, 0.25) is 0 Å². The quantitative estimate of drug-likeness (QED) is 0.880. The van der Waals surface area contributed by atoms with Gasteiger partial charge in [-0.25, -0.2) is 0 Å². The summed E-state index contributed by atoms with van der Waals surface area (Å²) >= 11 is 0. The van der Waals surface area contributed by atoms with Gasteiger partial charge in [-0.3, -0.25) is 9.59 Å². The molecule has 6 heteroatoms. The van der Waals surface area contributed by atoms with Crippen molar-refractivity contribution in [2.75, 3.05) is 13.2 Å². The normalized spacial score (nSPS) is 19.5. The number of amides is 1. The lowest BCUT2D eigenvalue weighted by Crippen LogP contribution is -2.53. The highest BCUT2D eigenvalue weighted by Crippen LogP contribution is 2.26. The number of carbonyl (C=O) groups excluding carboxylic acids is 1. The summed E-state index contributed by atoms with van der Waals surface area (Å²) in [6.45, 7) is 2.03. The Bertz CT molecular complexity index is 592. The third kappa shape index (κ3) is 3.13. The van der Waals surface area contributed by atoms with Crippen LogP contribution in [-0.2, 0) is 27.5 Å². The fraction of sp³-hybridized carbons (Fsp3) is 0.500. The Kier molecular flexibility index (Phi) is 4.13. The molecule has 0 spiro atoms. The standard InChI is InChI=1S/C16H19NO5/c18-14(19)8-16(3-5-21-6-4-16)17-15(20)11-1-2-12-9-22-10-13(12)7-11/h1-2,7H,3-6,8-10H2,(H,17,20)(H,18,19). The minimum atomic E-state index is -0.912. The average molecular weight is 305 g/mol. The first-order chi connectivity index (χ1) is 10.6. The molecule has 1 aromatic rings. The smallest absolute Gasteiger partial charge is 0.305 e. The summed E-state index contributed by atoms with van der Waals surface area (Å²) in [4.78, 5) is 23.6. The van der Waals surface area contributed by atoms with E-state index >= 15 is 0 Å². The third-order valence-electron chi connectivity index (χ3n) is 4.30. The highest BCUT2D eigenvalue weighted by Gasteiger charge is 2.36. The molecular formula is C16H19NO5. The molecule has 0 saturated carbocycles. The molecule has 6 nitrogen and oxygen atoms in total. The fourth-order valence-electron chi connectivity index (χ4n) is 3.02. The molecule has 118 valence electrons. The maximum atomic E-state index is 12.5. The molecule has 0 aromatic heterocycles. The van der Waals surface area contributed by atoms with Crippen molar-refractivity contribution in [2.45, 2.75) is 38.0 Å². The number of aliphatic carboxylic acids is 1. The van der Waals surface area contributed by atoms with Crippen LogP contribution in [0.5, 0.6) is 0 Å². The number of hydrogen-bond donors (Lipinski definition) is 2. The second-order valence-electron chi connectivity index (χ2n) is 5.89. The van der Waals surface area contributed by atoms with Crippen molar-refractivity contribution < 1.29 is 24.2 Å². The highest BCUT2D eigenvalue weighted by molar-refractivity contribution is 5.95. The van der Waals surface area contributed by atoms with Gasteiger partial charge < -0.3 is 19.9 Å². The predicted octanol–water partition coefficient (Wildman–Crippen LogP) is 1.47. The van der Waals surface area contributed by atoms with Gasteiger partial charge in [0.1, 0.15) is 0 Å². The summed E-state index contributed by atoms with van der Waals surface area (Å²) in [5.74, 6) is -1.15. The van der Waals surface area contributed by atoms with Crippen LogP contribution in [0, 0.1) is 0 Å². The zero-order chi connectivity index (χ0) is 15.6. The number of carboxylic acids is 1. The number of nitrogens with one attached hydrogen (secondary N) is 1. The lowest BCUT2D eigenvalue weighted by atomic mass is 9.86. The van der Waals surface area contributed by atoms with E-state index in [1.807, 2.05) is 12.1 Å². The van der Waals surface area contributed by atoms with Gasteiger partial charge in [0.05, 0.1) is 25.2 Å². The Morgan fingerprint density at radius 2 is 1.86 bits per heavy atom. The van der Waals surface area contributed by atoms with Crippen LogP contribution in [0.3, 0.4) is 0 Å². The Morgan fingerprint density at radius 1 is 1.14 bits per heavy atom. The van der Waals surface area contributed by atoms with Crippen molar-refractivity contribution in [3.8, 4) is 0 Å². The first-order valence-electron chi connectivity index (χ1n) is 7.40. The second-order valence-corrected chi connectivity index (χ2v) is 5.89. The Morgan fingerprint density at radius 3 is 2.59 bits per heavy atom. The molecule has 22 heavy (non-hydrogen) atoms. The van der Waals surface area contributed by atoms with Gasteiger partial charge in [-0.1, -0.05) is 6.07 Å². The van der Waals surface area contributed by atoms with E-state index in [4.69, 9.17) is 14.6 Å². The number of carbonyl (C=O) groups is 2. The number of hydrogen-bond acceptors (Lipinski definition) is 4. The lowest BCUT2D eigenvalue weighted by Gasteiger charge is -2.36. The summed E-state index contributed by atoms with van der Waals surface area (Å²) < 4.78 is 10.6. The third-order valence-corrected chi connectivity index (χ3v) is 4.30. The summed E-state index contributed by atoms with van der Waals surface area (Å²) in [6.07, 6.45) is 0.939. The van der Waals surface area contributed by atoms with Crippen molar-refractivity contribution in [2.24, 2.45) is 0 Å². The Labute approximate surface area is 128 Å². The van der Waals surface area contributed by atoms with Gasteiger partial charge in [0.2, 0.25) is 0 Å². The van der Waals surface area contributed by atoms with E-state index in [1.165, 1.54) is 0 Å². The van der Waals surface area contributed by atoms with Crippen LogP contribution >= 0.6 is 0 Å². The maximum absolute atomic E-state index is 12.5. The topological polar surface area (TPSA) is 84.9 Å². The molecule has 2 aliphatic rings. The number of carboxylic acid groups (broad SMARTS) is 1. The molecule has 2 heterocycles. The largest absolute Gasteiger partial charge is 0.481 e. The van der Waals surface area contributed by atoms with Gasteiger partial charge >= 0.3 is 5.97 Å². The molecule has 0 aliphatic carbocycles. The molecule has 1 fully saturated rings. The van der Waals surface area contributed by atoms with Gasteiger partial charge in [0.15, 0.2) is 0 Å². The minimum absolute atomic E-state index is 0.0872.